The maximum atomic E-state index is 13.1. The van der Waals surface area contributed by atoms with Crippen molar-refractivity contribution in [3.63, 3.8) is 0 Å². The summed E-state index contributed by atoms with van der Waals surface area (Å²) in [6, 6.07) is 13.9. The Balaban J connectivity index is 1.41. The van der Waals surface area contributed by atoms with E-state index in [1.165, 1.54) is 12.1 Å². The van der Waals surface area contributed by atoms with Crippen molar-refractivity contribution in [3.8, 4) is 17.0 Å². The van der Waals surface area contributed by atoms with Crippen LogP contribution in [-0.4, -0.2) is 22.7 Å². The minimum atomic E-state index is -0.291. The predicted octanol–water partition coefficient (Wildman–Crippen LogP) is 3.08. The smallest absolute Gasteiger partial charge is 0.227 e. The summed E-state index contributed by atoms with van der Waals surface area (Å²) in [6.07, 6.45) is 2.34. The molecule has 0 spiro atoms. The number of fused-ring (bicyclic) bond motifs is 1. The van der Waals surface area contributed by atoms with Crippen molar-refractivity contribution in [3.05, 3.63) is 71.7 Å². The number of benzene rings is 2. The van der Waals surface area contributed by atoms with Crippen LogP contribution in [0.25, 0.3) is 11.3 Å². The van der Waals surface area contributed by atoms with Crippen LogP contribution in [0.3, 0.4) is 0 Å². The Morgan fingerprint density at radius 3 is 2.88 bits per heavy atom. The first-order valence-electron chi connectivity index (χ1n) is 8.47. The van der Waals surface area contributed by atoms with Crippen molar-refractivity contribution >= 4 is 5.91 Å². The lowest BCUT2D eigenvalue weighted by atomic mass is 9.96. The van der Waals surface area contributed by atoms with Crippen molar-refractivity contribution in [1.29, 1.82) is 0 Å². The first-order valence-corrected chi connectivity index (χ1v) is 8.47. The van der Waals surface area contributed by atoms with Crippen LogP contribution in [-0.2, 0) is 17.8 Å². The Kier molecular flexibility index (Phi) is 4.39. The second-order valence-electron chi connectivity index (χ2n) is 6.31. The Bertz CT molecular complexity index is 921. The first-order chi connectivity index (χ1) is 12.7. The zero-order chi connectivity index (χ0) is 17.9. The van der Waals surface area contributed by atoms with Crippen LogP contribution >= 0.6 is 0 Å². The number of nitrogens with one attached hydrogen (secondary N) is 2. The number of hydrogen-bond donors (Lipinski definition) is 2. The van der Waals surface area contributed by atoms with E-state index in [2.05, 4.69) is 15.5 Å². The fraction of sp³-hybridized carbons (Fsp3) is 0.200. The molecule has 1 aromatic heterocycles. The quantitative estimate of drug-likeness (QED) is 0.759. The summed E-state index contributed by atoms with van der Waals surface area (Å²) >= 11 is 0. The van der Waals surface area contributed by atoms with E-state index in [-0.39, 0.29) is 17.6 Å². The molecule has 132 valence electrons. The van der Waals surface area contributed by atoms with Crippen molar-refractivity contribution in [1.82, 2.24) is 15.5 Å². The lowest BCUT2D eigenvalue weighted by Gasteiger charge is -2.24. The molecule has 0 unspecified atom stereocenters. The summed E-state index contributed by atoms with van der Waals surface area (Å²) in [7, 11) is 0. The van der Waals surface area contributed by atoms with Gasteiger partial charge in [0.1, 0.15) is 18.2 Å². The molecule has 1 atom stereocenters. The fourth-order valence-corrected chi connectivity index (χ4v) is 3.13. The van der Waals surface area contributed by atoms with Gasteiger partial charge in [-0.2, -0.15) is 5.10 Å². The molecule has 2 N–H and O–H groups in total. The van der Waals surface area contributed by atoms with Crippen molar-refractivity contribution in [2.75, 3.05) is 6.61 Å². The van der Waals surface area contributed by atoms with E-state index in [0.29, 0.717) is 19.6 Å². The van der Waals surface area contributed by atoms with Crippen LogP contribution < -0.4 is 10.1 Å². The van der Waals surface area contributed by atoms with Gasteiger partial charge in [0.2, 0.25) is 5.91 Å². The zero-order valence-corrected chi connectivity index (χ0v) is 14.0. The van der Waals surface area contributed by atoms with Crippen LogP contribution in [0.2, 0.25) is 0 Å². The Hall–Kier alpha value is -3.15. The molecule has 1 amide bonds. The second kappa shape index (κ2) is 7.00. The fourth-order valence-electron chi connectivity index (χ4n) is 3.13. The number of halogens is 1. The number of aromatic nitrogens is 2. The number of hydrogen-bond acceptors (Lipinski definition) is 3. The van der Waals surface area contributed by atoms with Gasteiger partial charge in [-0.05, 0) is 42.3 Å². The van der Waals surface area contributed by atoms with Crippen LogP contribution in [0.15, 0.2) is 54.7 Å². The minimum absolute atomic E-state index is 0.0502. The lowest BCUT2D eigenvalue weighted by Crippen LogP contribution is -2.37. The molecule has 1 aliphatic heterocycles. The molecule has 26 heavy (non-hydrogen) atoms. The highest BCUT2D eigenvalue weighted by atomic mass is 19.1. The van der Waals surface area contributed by atoms with Gasteiger partial charge in [-0.1, -0.05) is 18.2 Å². The highest BCUT2D eigenvalue weighted by molar-refractivity contribution is 5.80. The molecule has 5 nitrogen and oxygen atoms in total. The number of aromatic amines is 1. The molecule has 6 heteroatoms. The van der Waals surface area contributed by atoms with Gasteiger partial charge in [-0.25, -0.2) is 4.39 Å². The molecule has 2 aromatic carbocycles. The maximum Gasteiger partial charge on any atom is 0.227 e. The third kappa shape index (κ3) is 3.31. The topological polar surface area (TPSA) is 67.0 Å². The van der Waals surface area contributed by atoms with E-state index in [4.69, 9.17) is 4.74 Å². The molecule has 3 aromatic rings. The van der Waals surface area contributed by atoms with Crippen LogP contribution in [0, 0.1) is 11.7 Å². The van der Waals surface area contributed by atoms with Gasteiger partial charge < -0.3 is 10.1 Å². The summed E-state index contributed by atoms with van der Waals surface area (Å²) in [4.78, 5) is 12.5. The number of nitrogens with zero attached hydrogens (tertiary/aromatic N) is 1. The van der Waals surface area contributed by atoms with E-state index in [9.17, 15) is 9.18 Å². The largest absolute Gasteiger partial charge is 0.492 e. The highest BCUT2D eigenvalue weighted by Gasteiger charge is 2.25. The predicted molar refractivity (Wildman–Crippen MR) is 95.0 cm³/mol. The highest BCUT2D eigenvalue weighted by Crippen LogP contribution is 2.27. The number of ether oxygens (including phenoxy) is 1. The van der Waals surface area contributed by atoms with Crippen LogP contribution in [0.5, 0.6) is 5.75 Å². The third-order valence-corrected chi connectivity index (χ3v) is 4.55. The number of para-hydroxylation sites is 1. The number of rotatable bonds is 4. The Labute approximate surface area is 150 Å². The normalized spacial score (nSPS) is 15.8. The average Bonchev–Trinajstić information content (AvgIpc) is 3.15. The van der Waals surface area contributed by atoms with E-state index in [1.54, 1.807) is 18.3 Å². The summed E-state index contributed by atoms with van der Waals surface area (Å²) < 4.78 is 18.8. The summed E-state index contributed by atoms with van der Waals surface area (Å²) in [5.41, 5.74) is 3.50. The SMILES string of the molecule is O=C(NCc1cn[nH]c1-c1ccc(F)cc1)[C@@H]1COc2ccccc2C1. The van der Waals surface area contributed by atoms with Crippen LogP contribution in [0.1, 0.15) is 11.1 Å². The number of H-pyrrole nitrogens is 1. The average molecular weight is 351 g/mol. The monoisotopic (exact) mass is 351 g/mol. The minimum Gasteiger partial charge on any atom is -0.492 e. The van der Waals surface area contributed by atoms with E-state index >= 15 is 0 Å². The Morgan fingerprint density at radius 1 is 1.23 bits per heavy atom. The molecule has 2 heterocycles. The molecular formula is C20H18FN3O2. The van der Waals surface area contributed by atoms with Gasteiger partial charge in [-0.15, -0.1) is 0 Å². The van der Waals surface area contributed by atoms with E-state index in [0.717, 1.165) is 28.1 Å². The van der Waals surface area contributed by atoms with Gasteiger partial charge in [0.25, 0.3) is 0 Å². The van der Waals surface area contributed by atoms with Crippen molar-refractivity contribution in [2.45, 2.75) is 13.0 Å². The summed E-state index contributed by atoms with van der Waals surface area (Å²) in [5, 5.41) is 9.91. The molecule has 0 saturated heterocycles. The molecule has 0 bridgehead atoms. The van der Waals surface area contributed by atoms with Gasteiger partial charge >= 0.3 is 0 Å². The molecule has 0 saturated carbocycles. The Morgan fingerprint density at radius 2 is 2.04 bits per heavy atom. The van der Waals surface area contributed by atoms with Gasteiger partial charge in [-0.3, -0.25) is 9.89 Å². The van der Waals surface area contributed by atoms with Gasteiger partial charge in [0, 0.05) is 17.7 Å². The molecule has 4 rings (SSSR count). The zero-order valence-electron chi connectivity index (χ0n) is 14.0. The standard InChI is InChI=1S/C20H18FN3O2/c21-17-7-5-13(6-8-17)19-16(11-23-24-19)10-22-20(25)15-9-14-3-1-2-4-18(14)26-12-15/h1-8,11,15H,9-10,12H2,(H,22,25)(H,23,24)/t15-/m0/s1. The van der Waals surface area contributed by atoms with Crippen molar-refractivity contribution < 1.29 is 13.9 Å². The van der Waals surface area contributed by atoms with E-state index in [1.807, 2.05) is 24.3 Å². The second-order valence-corrected chi connectivity index (χ2v) is 6.31. The molecule has 0 fully saturated rings. The maximum absolute atomic E-state index is 13.1. The van der Waals surface area contributed by atoms with Gasteiger partial charge in [0.15, 0.2) is 0 Å². The molecule has 1 aliphatic rings. The van der Waals surface area contributed by atoms with Gasteiger partial charge in [0.05, 0.1) is 17.8 Å². The number of carbonyl (C=O) groups excluding carboxylic acids is 1. The lowest BCUT2D eigenvalue weighted by molar-refractivity contribution is -0.126. The molecular weight excluding hydrogens is 333 g/mol. The number of amides is 1. The van der Waals surface area contributed by atoms with Crippen molar-refractivity contribution in [2.24, 2.45) is 5.92 Å². The first kappa shape index (κ1) is 16.3. The molecule has 0 radical (unpaired) electrons. The summed E-state index contributed by atoms with van der Waals surface area (Å²) in [5.74, 6) is 0.294. The molecule has 0 aliphatic carbocycles. The summed E-state index contributed by atoms with van der Waals surface area (Å²) in [6.45, 7) is 0.721. The number of carbonyl (C=O) groups is 1. The van der Waals surface area contributed by atoms with Crippen LogP contribution in [0.4, 0.5) is 4.39 Å². The third-order valence-electron chi connectivity index (χ3n) is 4.55. The van der Waals surface area contributed by atoms with E-state index < -0.39 is 0 Å².